The van der Waals surface area contributed by atoms with Crippen molar-refractivity contribution < 1.29 is 28.2 Å². The SMILES string of the molecule is CC(CN(C)C(=O)Nc1ccc(Cl)cc1OCC(F)F)C(=O)O. The van der Waals surface area contributed by atoms with Crippen molar-refractivity contribution in [1.29, 1.82) is 0 Å². The predicted octanol–water partition coefficient (Wildman–Crippen LogP) is 3.17. The Bertz CT molecular complexity index is 572. The molecule has 1 aromatic rings. The number of carboxylic acids is 1. The number of amides is 2. The Morgan fingerprint density at radius 1 is 1.43 bits per heavy atom. The molecular weight excluding hydrogens is 334 g/mol. The van der Waals surface area contributed by atoms with Gasteiger partial charge in [-0.1, -0.05) is 18.5 Å². The van der Waals surface area contributed by atoms with Crippen molar-refractivity contribution in [2.45, 2.75) is 13.3 Å². The number of carbonyl (C=O) groups excluding carboxylic acids is 1. The molecule has 0 saturated carbocycles. The first kappa shape index (κ1) is 19.0. The quantitative estimate of drug-likeness (QED) is 0.791. The molecule has 0 fully saturated rings. The Labute approximate surface area is 137 Å². The second-order valence-electron chi connectivity index (χ2n) is 4.89. The molecule has 1 unspecified atom stereocenters. The van der Waals surface area contributed by atoms with E-state index in [-0.39, 0.29) is 23.0 Å². The highest BCUT2D eigenvalue weighted by atomic mass is 35.5. The summed E-state index contributed by atoms with van der Waals surface area (Å²) >= 11 is 5.78. The van der Waals surface area contributed by atoms with Crippen LogP contribution >= 0.6 is 11.6 Å². The number of nitrogens with zero attached hydrogens (tertiary/aromatic N) is 1. The fourth-order valence-electron chi connectivity index (χ4n) is 1.65. The van der Waals surface area contributed by atoms with Gasteiger partial charge >= 0.3 is 12.0 Å². The second-order valence-corrected chi connectivity index (χ2v) is 5.33. The summed E-state index contributed by atoms with van der Waals surface area (Å²) in [6, 6.07) is 3.59. The first-order valence-corrected chi connectivity index (χ1v) is 7.04. The maximum Gasteiger partial charge on any atom is 0.321 e. The molecule has 1 aromatic carbocycles. The van der Waals surface area contributed by atoms with Gasteiger partial charge in [0.15, 0.2) is 0 Å². The van der Waals surface area contributed by atoms with E-state index in [9.17, 15) is 18.4 Å². The molecule has 0 spiro atoms. The molecule has 0 saturated heterocycles. The molecule has 9 heteroatoms. The number of nitrogens with one attached hydrogen (secondary N) is 1. The van der Waals surface area contributed by atoms with Crippen LogP contribution in [-0.2, 0) is 4.79 Å². The molecule has 0 aliphatic carbocycles. The van der Waals surface area contributed by atoms with E-state index >= 15 is 0 Å². The number of anilines is 1. The molecule has 0 aromatic heterocycles. The molecule has 0 bridgehead atoms. The number of benzene rings is 1. The van der Waals surface area contributed by atoms with Gasteiger partial charge in [-0.2, -0.15) is 0 Å². The summed E-state index contributed by atoms with van der Waals surface area (Å²) < 4.78 is 29.4. The molecular formula is C14H17ClF2N2O4. The molecule has 1 atom stereocenters. The van der Waals surface area contributed by atoms with Crippen molar-refractivity contribution in [2.75, 3.05) is 25.5 Å². The minimum atomic E-state index is -2.67. The number of aliphatic carboxylic acids is 1. The second kappa shape index (κ2) is 8.52. The Morgan fingerprint density at radius 3 is 2.65 bits per heavy atom. The van der Waals surface area contributed by atoms with E-state index in [0.29, 0.717) is 0 Å². The van der Waals surface area contributed by atoms with E-state index < -0.39 is 31.0 Å². The van der Waals surface area contributed by atoms with Gasteiger partial charge in [0.2, 0.25) is 0 Å². The van der Waals surface area contributed by atoms with E-state index in [4.69, 9.17) is 21.4 Å². The Balaban J connectivity index is 2.78. The van der Waals surface area contributed by atoms with Crippen molar-refractivity contribution in [3.63, 3.8) is 0 Å². The van der Waals surface area contributed by atoms with Crippen LogP contribution in [0.4, 0.5) is 19.3 Å². The number of alkyl halides is 2. The molecule has 0 radical (unpaired) electrons. The third kappa shape index (κ3) is 6.27. The van der Waals surface area contributed by atoms with Gasteiger partial charge in [0.1, 0.15) is 12.4 Å². The normalized spacial score (nSPS) is 11.9. The van der Waals surface area contributed by atoms with Crippen molar-refractivity contribution in [2.24, 2.45) is 5.92 Å². The van der Waals surface area contributed by atoms with Gasteiger partial charge in [-0.15, -0.1) is 0 Å². The zero-order valence-corrected chi connectivity index (χ0v) is 13.3. The molecule has 0 aliphatic heterocycles. The number of hydrogen-bond acceptors (Lipinski definition) is 3. The lowest BCUT2D eigenvalue weighted by Gasteiger charge is -2.21. The lowest BCUT2D eigenvalue weighted by atomic mass is 10.2. The van der Waals surface area contributed by atoms with Gasteiger partial charge in [-0.05, 0) is 12.1 Å². The smallest absolute Gasteiger partial charge is 0.321 e. The van der Waals surface area contributed by atoms with Crippen LogP contribution < -0.4 is 10.1 Å². The molecule has 0 heterocycles. The molecule has 6 nitrogen and oxygen atoms in total. The molecule has 2 N–H and O–H groups in total. The minimum Gasteiger partial charge on any atom is -0.485 e. The largest absolute Gasteiger partial charge is 0.485 e. The van der Waals surface area contributed by atoms with Gasteiger partial charge in [0, 0.05) is 24.7 Å². The molecule has 23 heavy (non-hydrogen) atoms. The highest BCUT2D eigenvalue weighted by Gasteiger charge is 2.19. The topological polar surface area (TPSA) is 78.9 Å². The summed E-state index contributed by atoms with van der Waals surface area (Å²) in [5.41, 5.74) is 0.162. The average Bonchev–Trinajstić information content (AvgIpc) is 2.46. The Hall–Kier alpha value is -2.09. The van der Waals surface area contributed by atoms with E-state index in [1.165, 1.54) is 37.1 Å². The number of carboxylic acid groups (broad SMARTS) is 1. The third-order valence-corrected chi connectivity index (χ3v) is 3.10. The molecule has 0 aliphatic rings. The fraction of sp³-hybridized carbons (Fsp3) is 0.429. The first-order chi connectivity index (χ1) is 10.7. The first-order valence-electron chi connectivity index (χ1n) is 6.66. The number of carbonyl (C=O) groups is 2. The van der Waals surface area contributed by atoms with Crippen LogP contribution in [0.3, 0.4) is 0 Å². The Kier molecular flexibility index (Phi) is 7.02. The van der Waals surface area contributed by atoms with Crippen molar-refractivity contribution in [3.8, 4) is 5.75 Å². The van der Waals surface area contributed by atoms with Gasteiger partial charge in [0.25, 0.3) is 6.43 Å². The van der Waals surface area contributed by atoms with Crippen LogP contribution in [0, 0.1) is 5.92 Å². The van der Waals surface area contributed by atoms with Crippen LogP contribution in [-0.4, -0.2) is 48.6 Å². The van der Waals surface area contributed by atoms with Crippen molar-refractivity contribution in [3.05, 3.63) is 23.2 Å². The maximum absolute atomic E-state index is 12.3. The van der Waals surface area contributed by atoms with Crippen molar-refractivity contribution in [1.82, 2.24) is 4.90 Å². The van der Waals surface area contributed by atoms with Gasteiger partial charge in [-0.25, -0.2) is 13.6 Å². The summed E-state index contributed by atoms with van der Waals surface area (Å²) in [7, 11) is 1.42. The fourth-order valence-corrected chi connectivity index (χ4v) is 1.82. The summed E-state index contributed by atoms with van der Waals surface area (Å²) in [6.07, 6.45) is -2.67. The maximum atomic E-state index is 12.3. The summed E-state index contributed by atoms with van der Waals surface area (Å²) in [5.74, 6) is -1.77. The van der Waals surface area contributed by atoms with Crippen molar-refractivity contribution >= 4 is 29.3 Å². The number of ether oxygens (including phenoxy) is 1. The van der Waals surface area contributed by atoms with Gasteiger partial charge < -0.3 is 20.1 Å². The zero-order valence-electron chi connectivity index (χ0n) is 12.6. The number of rotatable bonds is 7. The summed E-state index contributed by atoms with van der Waals surface area (Å²) in [4.78, 5) is 24.0. The Morgan fingerprint density at radius 2 is 2.09 bits per heavy atom. The van der Waals surface area contributed by atoms with E-state index in [1.54, 1.807) is 0 Å². The van der Waals surface area contributed by atoms with Crippen LogP contribution in [0.2, 0.25) is 5.02 Å². The lowest BCUT2D eigenvalue weighted by molar-refractivity contribution is -0.141. The van der Waals surface area contributed by atoms with E-state index in [0.717, 1.165) is 0 Å². The lowest BCUT2D eigenvalue weighted by Crippen LogP contribution is -2.36. The number of urea groups is 1. The van der Waals surface area contributed by atoms with Crippen LogP contribution in [0.1, 0.15) is 6.92 Å². The highest BCUT2D eigenvalue weighted by Crippen LogP contribution is 2.28. The summed E-state index contributed by atoms with van der Waals surface area (Å²) in [5, 5.41) is 11.6. The van der Waals surface area contributed by atoms with E-state index in [2.05, 4.69) is 5.32 Å². The molecule has 128 valence electrons. The van der Waals surface area contributed by atoms with Crippen LogP contribution in [0.25, 0.3) is 0 Å². The van der Waals surface area contributed by atoms with E-state index in [1.807, 2.05) is 0 Å². The minimum absolute atomic E-state index is 0.00540. The number of hydrogen-bond donors (Lipinski definition) is 2. The number of halogens is 3. The predicted molar refractivity (Wildman–Crippen MR) is 81.4 cm³/mol. The zero-order chi connectivity index (χ0) is 17.6. The standard InChI is InChI=1S/C14H17ClF2N2O4/c1-8(13(20)21)6-19(2)14(22)18-10-4-3-9(15)5-11(10)23-7-12(16)17/h3-5,8,12H,6-7H2,1-2H3,(H,18,22)(H,20,21). The monoisotopic (exact) mass is 350 g/mol. The molecule has 1 rings (SSSR count). The van der Waals surface area contributed by atoms with Gasteiger partial charge in [-0.3, -0.25) is 4.79 Å². The average molecular weight is 351 g/mol. The summed E-state index contributed by atoms with van der Waals surface area (Å²) in [6.45, 7) is 0.614. The van der Waals surface area contributed by atoms with Crippen LogP contribution in [0.5, 0.6) is 5.75 Å². The van der Waals surface area contributed by atoms with Gasteiger partial charge in [0.05, 0.1) is 11.6 Å². The third-order valence-electron chi connectivity index (χ3n) is 2.87. The highest BCUT2D eigenvalue weighted by molar-refractivity contribution is 6.30. The molecule has 2 amide bonds. The van der Waals surface area contributed by atoms with Crippen LogP contribution in [0.15, 0.2) is 18.2 Å².